The molecule has 1 unspecified atom stereocenters. The summed E-state index contributed by atoms with van der Waals surface area (Å²) in [7, 11) is 0. The molecular formula is C33H61NO7. The Morgan fingerprint density at radius 1 is 0.805 bits per heavy atom. The normalized spacial score (nSPS) is 17.6. The Labute approximate surface area is 249 Å². The molecule has 0 bridgehead atoms. The highest BCUT2D eigenvalue weighted by atomic mass is 16.7. The number of aliphatic carboxylic acids is 2. The van der Waals surface area contributed by atoms with Crippen LogP contribution in [-0.4, -0.2) is 65.4 Å². The van der Waals surface area contributed by atoms with Crippen molar-refractivity contribution in [2.24, 2.45) is 5.41 Å². The monoisotopic (exact) mass is 583 g/mol. The maximum absolute atomic E-state index is 12.5. The van der Waals surface area contributed by atoms with Gasteiger partial charge in [-0.3, -0.25) is 4.79 Å². The van der Waals surface area contributed by atoms with E-state index in [0.717, 1.165) is 103 Å². The van der Waals surface area contributed by atoms with Gasteiger partial charge in [0.05, 0.1) is 25.4 Å². The average Bonchev–Trinajstić information content (AvgIpc) is 2.90. The van der Waals surface area contributed by atoms with Gasteiger partial charge in [-0.1, -0.05) is 72.6 Å². The van der Waals surface area contributed by atoms with Gasteiger partial charge in [-0.05, 0) is 64.2 Å². The van der Waals surface area contributed by atoms with Crippen molar-refractivity contribution in [2.75, 3.05) is 13.2 Å². The van der Waals surface area contributed by atoms with Gasteiger partial charge in [0.2, 0.25) is 0 Å². The van der Waals surface area contributed by atoms with Gasteiger partial charge < -0.3 is 29.7 Å². The molecule has 41 heavy (non-hydrogen) atoms. The first-order valence-electron chi connectivity index (χ1n) is 16.9. The van der Waals surface area contributed by atoms with Crippen LogP contribution in [0.5, 0.6) is 0 Å². The van der Waals surface area contributed by atoms with Gasteiger partial charge in [-0.2, -0.15) is 0 Å². The zero-order valence-electron chi connectivity index (χ0n) is 26.6. The Hall–Kier alpha value is -1.22. The molecule has 1 saturated carbocycles. The fourth-order valence-electron chi connectivity index (χ4n) is 6.48. The average molecular weight is 584 g/mol. The van der Waals surface area contributed by atoms with Crippen LogP contribution >= 0.6 is 0 Å². The van der Waals surface area contributed by atoms with Crippen molar-refractivity contribution >= 4 is 11.9 Å². The SMILES string of the molecule is CCC(CC)OC(CCCCCCC(CCCCCCCC(=O)O)NC1CC2(COC2)C1)(OC(CC)CC)C(=O)O. The molecule has 0 radical (unpaired) electrons. The fraction of sp³-hybridized carbons (Fsp3) is 0.939. The molecule has 1 aliphatic carbocycles. The van der Waals surface area contributed by atoms with Crippen LogP contribution in [0.15, 0.2) is 0 Å². The summed E-state index contributed by atoms with van der Waals surface area (Å²) in [5.41, 5.74) is 0.455. The molecular weight excluding hydrogens is 522 g/mol. The number of carboxylic acids is 2. The molecule has 3 N–H and O–H groups in total. The molecule has 8 nitrogen and oxygen atoms in total. The third-order valence-electron chi connectivity index (χ3n) is 9.26. The Balaban J connectivity index is 1.79. The number of hydrogen-bond donors (Lipinski definition) is 3. The van der Waals surface area contributed by atoms with Crippen LogP contribution in [0.2, 0.25) is 0 Å². The van der Waals surface area contributed by atoms with E-state index >= 15 is 0 Å². The van der Waals surface area contributed by atoms with Gasteiger partial charge in [-0.25, -0.2) is 4.79 Å². The maximum atomic E-state index is 12.5. The summed E-state index contributed by atoms with van der Waals surface area (Å²) in [5.74, 6) is -3.26. The molecule has 8 heteroatoms. The van der Waals surface area contributed by atoms with E-state index in [1.165, 1.54) is 19.3 Å². The molecule has 1 heterocycles. The molecule has 1 spiro atoms. The van der Waals surface area contributed by atoms with Crippen LogP contribution in [0.4, 0.5) is 0 Å². The van der Waals surface area contributed by atoms with Crippen LogP contribution in [0.25, 0.3) is 0 Å². The van der Waals surface area contributed by atoms with Gasteiger partial charge in [0.1, 0.15) is 0 Å². The lowest BCUT2D eigenvalue weighted by Crippen LogP contribution is -2.60. The number of carbonyl (C=O) groups is 2. The largest absolute Gasteiger partial charge is 0.481 e. The first-order chi connectivity index (χ1) is 19.7. The van der Waals surface area contributed by atoms with Crippen molar-refractivity contribution in [3.8, 4) is 0 Å². The van der Waals surface area contributed by atoms with E-state index in [4.69, 9.17) is 19.3 Å². The predicted octanol–water partition coefficient (Wildman–Crippen LogP) is 7.47. The van der Waals surface area contributed by atoms with Crippen molar-refractivity contribution in [2.45, 2.75) is 180 Å². The van der Waals surface area contributed by atoms with Crippen molar-refractivity contribution in [3.05, 3.63) is 0 Å². The lowest BCUT2D eigenvalue weighted by atomic mass is 9.64. The Bertz CT molecular complexity index is 711. The molecule has 0 aromatic heterocycles. The zero-order chi connectivity index (χ0) is 30.1. The lowest BCUT2D eigenvalue weighted by Gasteiger charge is -2.54. The second kappa shape index (κ2) is 19.1. The summed E-state index contributed by atoms with van der Waals surface area (Å²) in [4.78, 5) is 23.2. The summed E-state index contributed by atoms with van der Waals surface area (Å²) >= 11 is 0. The first kappa shape index (κ1) is 36.0. The highest BCUT2D eigenvalue weighted by Gasteiger charge is 2.50. The molecule has 0 aromatic rings. The number of rotatable bonds is 26. The Kier molecular flexibility index (Phi) is 16.8. The van der Waals surface area contributed by atoms with Gasteiger partial charge in [0.15, 0.2) is 0 Å². The minimum atomic E-state index is -1.56. The van der Waals surface area contributed by atoms with Gasteiger partial charge in [0, 0.05) is 30.3 Å². The standard InChI is InChI=1S/C33H61NO7/c1-5-28(6-2)40-33(31(37)38,41-29(7-3)8-4)21-17-13-12-15-19-26(18-14-10-9-11-16-20-30(35)36)34-27-22-32(23-27)24-39-25-32/h26-29,34H,5-25H2,1-4H3,(H,35,36)(H,37,38). The maximum Gasteiger partial charge on any atom is 0.364 e. The van der Waals surface area contributed by atoms with E-state index in [1.807, 2.05) is 27.7 Å². The molecule has 2 rings (SSSR count). The van der Waals surface area contributed by atoms with E-state index in [-0.39, 0.29) is 18.6 Å². The minimum absolute atomic E-state index is 0.124. The number of unbranched alkanes of at least 4 members (excludes halogenated alkanes) is 7. The summed E-state index contributed by atoms with van der Waals surface area (Å²) in [6.07, 6.45) is 17.4. The van der Waals surface area contributed by atoms with Crippen LogP contribution in [0.3, 0.4) is 0 Å². The molecule has 1 saturated heterocycles. The summed E-state index contributed by atoms with van der Waals surface area (Å²) < 4.78 is 17.8. The van der Waals surface area contributed by atoms with Gasteiger partial charge >= 0.3 is 11.9 Å². The molecule has 0 amide bonds. The summed E-state index contributed by atoms with van der Waals surface area (Å²) in [6, 6.07) is 1.10. The van der Waals surface area contributed by atoms with E-state index in [1.54, 1.807) is 0 Å². The summed E-state index contributed by atoms with van der Waals surface area (Å²) in [6.45, 7) is 9.98. The zero-order valence-corrected chi connectivity index (χ0v) is 26.6. The fourth-order valence-corrected chi connectivity index (χ4v) is 6.48. The van der Waals surface area contributed by atoms with E-state index < -0.39 is 17.7 Å². The van der Waals surface area contributed by atoms with E-state index in [0.29, 0.717) is 23.9 Å². The van der Waals surface area contributed by atoms with Crippen LogP contribution < -0.4 is 5.32 Å². The number of ether oxygens (including phenoxy) is 3. The molecule has 240 valence electrons. The summed E-state index contributed by atoms with van der Waals surface area (Å²) in [5, 5.41) is 23.0. The molecule has 0 aromatic carbocycles. The molecule has 1 aliphatic heterocycles. The quantitative estimate of drug-likeness (QED) is 0.0710. The Morgan fingerprint density at radius 2 is 1.29 bits per heavy atom. The van der Waals surface area contributed by atoms with Crippen molar-refractivity contribution < 1.29 is 34.0 Å². The molecule has 2 fully saturated rings. The van der Waals surface area contributed by atoms with E-state index in [2.05, 4.69) is 5.32 Å². The molecule has 2 aliphatic rings. The smallest absolute Gasteiger partial charge is 0.364 e. The first-order valence-corrected chi connectivity index (χ1v) is 16.9. The van der Waals surface area contributed by atoms with Gasteiger partial charge in [-0.15, -0.1) is 0 Å². The lowest BCUT2D eigenvalue weighted by molar-refractivity contribution is -0.279. The second-order valence-electron chi connectivity index (χ2n) is 12.8. The topological polar surface area (TPSA) is 114 Å². The third kappa shape index (κ3) is 12.5. The number of nitrogens with one attached hydrogen (secondary N) is 1. The van der Waals surface area contributed by atoms with Crippen LogP contribution in [0.1, 0.15) is 150 Å². The van der Waals surface area contributed by atoms with Crippen molar-refractivity contribution in [3.63, 3.8) is 0 Å². The minimum Gasteiger partial charge on any atom is -0.481 e. The van der Waals surface area contributed by atoms with Crippen LogP contribution in [-0.2, 0) is 23.8 Å². The molecule has 1 atom stereocenters. The van der Waals surface area contributed by atoms with Crippen molar-refractivity contribution in [1.82, 2.24) is 5.32 Å². The second-order valence-corrected chi connectivity index (χ2v) is 12.8. The number of hydrogen-bond acceptors (Lipinski definition) is 6. The van der Waals surface area contributed by atoms with Gasteiger partial charge in [0.25, 0.3) is 5.79 Å². The predicted molar refractivity (Wildman–Crippen MR) is 162 cm³/mol. The third-order valence-corrected chi connectivity index (χ3v) is 9.26. The highest BCUT2D eigenvalue weighted by Crippen LogP contribution is 2.47. The highest BCUT2D eigenvalue weighted by molar-refractivity contribution is 5.75. The van der Waals surface area contributed by atoms with E-state index in [9.17, 15) is 14.7 Å². The van der Waals surface area contributed by atoms with Crippen LogP contribution in [0, 0.1) is 5.41 Å². The van der Waals surface area contributed by atoms with Crippen molar-refractivity contribution in [1.29, 1.82) is 0 Å². The number of carboxylic acid groups (broad SMARTS) is 2. The Morgan fingerprint density at radius 3 is 1.73 bits per heavy atom.